The van der Waals surface area contributed by atoms with E-state index in [0.717, 1.165) is 12.3 Å². The van der Waals surface area contributed by atoms with Crippen LogP contribution in [0.2, 0.25) is 0 Å². The normalized spacial score (nSPS) is 14.9. The number of imidazole rings is 1. The third-order valence-electron chi connectivity index (χ3n) is 5.78. The predicted molar refractivity (Wildman–Crippen MR) is 112 cm³/mol. The SMILES string of the molecule is CCS(=O)(=O)c1nn2c(C3CC3)c(C(=O)O)cnc2c1-c1nc2cc(C(F)(F)F)cnc2n1C. The van der Waals surface area contributed by atoms with Crippen LogP contribution in [0.4, 0.5) is 13.2 Å². The molecule has 0 bridgehead atoms. The summed E-state index contributed by atoms with van der Waals surface area (Å²) in [5.74, 6) is -1.66. The Morgan fingerprint density at radius 2 is 1.88 bits per heavy atom. The summed E-state index contributed by atoms with van der Waals surface area (Å²) in [6.45, 7) is 1.42. The van der Waals surface area contributed by atoms with Crippen molar-refractivity contribution in [1.82, 2.24) is 29.1 Å². The first-order chi connectivity index (χ1) is 15.9. The monoisotopic (exact) mass is 494 g/mol. The number of carboxylic acid groups (broad SMARTS) is 1. The molecule has 4 heterocycles. The molecular formula is C20H17F3N6O4S. The van der Waals surface area contributed by atoms with Gasteiger partial charge in [-0.3, -0.25) is 0 Å². The van der Waals surface area contributed by atoms with E-state index in [1.807, 2.05) is 0 Å². The molecule has 0 amide bonds. The van der Waals surface area contributed by atoms with Gasteiger partial charge in [0, 0.05) is 25.4 Å². The lowest BCUT2D eigenvalue weighted by Gasteiger charge is -2.07. The van der Waals surface area contributed by atoms with Crippen molar-refractivity contribution in [1.29, 1.82) is 0 Å². The molecule has 10 nitrogen and oxygen atoms in total. The summed E-state index contributed by atoms with van der Waals surface area (Å²) in [5, 5.41) is 13.5. The Kier molecular flexibility index (Phi) is 4.73. The smallest absolute Gasteiger partial charge is 0.417 e. The molecular weight excluding hydrogens is 477 g/mol. The molecule has 0 saturated heterocycles. The van der Waals surface area contributed by atoms with Gasteiger partial charge in [0.25, 0.3) is 0 Å². The Morgan fingerprint density at radius 3 is 2.47 bits per heavy atom. The third kappa shape index (κ3) is 3.31. The van der Waals surface area contributed by atoms with Gasteiger partial charge in [0.2, 0.25) is 0 Å². The number of hydrogen-bond donors (Lipinski definition) is 1. The van der Waals surface area contributed by atoms with Crippen molar-refractivity contribution in [2.45, 2.75) is 36.9 Å². The van der Waals surface area contributed by atoms with Crippen molar-refractivity contribution in [2.75, 3.05) is 5.75 Å². The van der Waals surface area contributed by atoms with Crippen molar-refractivity contribution in [2.24, 2.45) is 7.05 Å². The number of nitrogens with zero attached hydrogens (tertiary/aromatic N) is 6. The molecule has 0 aliphatic heterocycles. The number of alkyl halides is 3. The van der Waals surface area contributed by atoms with Crippen molar-refractivity contribution < 1.29 is 31.5 Å². The van der Waals surface area contributed by atoms with E-state index in [4.69, 9.17) is 0 Å². The van der Waals surface area contributed by atoms with E-state index in [1.54, 1.807) is 0 Å². The Bertz CT molecular complexity index is 1600. The fourth-order valence-electron chi connectivity index (χ4n) is 3.90. The Morgan fingerprint density at radius 1 is 1.21 bits per heavy atom. The minimum atomic E-state index is -4.63. The van der Waals surface area contributed by atoms with Gasteiger partial charge < -0.3 is 9.67 Å². The summed E-state index contributed by atoms with van der Waals surface area (Å²) in [7, 11) is -2.46. The van der Waals surface area contributed by atoms with E-state index in [2.05, 4.69) is 20.1 Å². The van der Waals surface area contributed by atoms with Crippen molar-refractivity contribution in [3.05, 3.63) is 35.3 Å². The quantitative estimate of drug-likeness (QED) is 0.448. The number of fused-ring (bicyclic) bond motifs is 2. The van der Waals surface area contributed by atoms with Gasteiger partial charge in [-0.05, 0) is 18.9 Å². The predicted octanol–water partition coefficient (Wildman–Crippen LogP) is 3.07. The zero-order valence-corrected chi connectivity index (χ0v) is 18.6. The van der Waals surface area contributed by atoms with Crippen LogP contribution in [0.25, 0.3) is 28.2 Å². The number of sulfone groups is 1. The van der Waals surface area contributed by atoms with Gasteiger partial charge in [0.1, 0.15) is 16.9 Å². The number of aryl methyl sites for hydroxylation is 1. The van der Waals surface area contributed by atoms with E-state index in [9.17, 15) is 31.5 Å². The molecule has 4 aromatic heterocycles. The number of aromatic nitrogens is 6. The van der Waals surface area contributed by atoms with Gasteiger partial charge in [-0.2, -0.15) is 18.3 Å². The number of aromatic carboxylic acids is 1. The second-order valence-electron chi connectivity index (χ2n) is 8.01. The summed E-state index contributed by atoms with van der Waals surface area (Å²) >= 11 is 0. The largest absolute Gasteiger partial charge is 0.478 e. The van der Waals surface area contributed by atoms with Crippen LogP contribution in [-0.4, -0.2) is 54.4 Å². The van der Waals surface area contributed by atoms with Gasteiger partial charge in [0.05, 0.1) is 22.6 Å². The van der Waals surface area contributed by atoms with Crippen molar-refractivity contribution >= 4 is 32.6 Å². The number of carboxylic acids is 1. The maximum Gasteiger partial charge on any atom is 0.417 e. The molecule has 0 spiro atoms. The van der Waals surface area contributed by atoms with E-state index in [0.29, 0.717) is 24.7 Å². The Hall–Kier alpha value is -3.55. The molecule has 1 aliphatic carbocycles. The van der Waals surface area contributed by atoms with Crippen molar-refractivity contribution in [3.63, 3.8) is 0 Å². The Labute approximate surface area is 190 Å². The number of hydrogen-bond acceptors (Lipinski definition) is 7. The van der Waals surface area contributed by atoms with Crippen LogP contribution in [-0.2, 0) is 23.1 Å². The molecule has 0 unspecified atom stereocenters. The van der Waals surface area contributed by atoms with Gasteiger partial charge in [0.15, 0.2) is 26.2 Å². The van der Waals surface area contributed by atoms with Gasteiger partial charge in [-0.25, -0.2) is 32.7 Å². The lowest BCUT2D eigenvalue weighted by Crippen LogP contribution is -2.10. The maximum absolute atomic E-state index is 13.2. The molecule has 0 aromatic carbocycles. The molecule has 4 aromatic rings. The molecule has 0 radical (unpaired) electrons. The maximum atomic E-state index is 13.2. The van der Waals surface area contributed by atoms with Crippen molar-refractivity contribution in [3.8, 4) is 11.4 Å². The molecule has 1 fully saturated rings. The Balaban J connectivity index is 1.87. The second kappa shape index (κ2) is 7.22. The van der Waals surface area contributed by atoms with E-state index in [-0.39, 0.29) is 50.5 Å². The van der Waals surface area contributed by atoms with Crippen LogP contribution < -0.4 is 0 Å². The van der Waals surface area contributed by atoms with Crippen LogP contribution in [0.3, 0.4) is 0 Å². The molecule has 14 heteroatoms. The minimum absolute atomic E-state index is 0.00108. The topological polar surface area (TPSA) is 132 Å². The molecule has 34 heavy (non-hydrogen) atoms. The first kappa shape index (κ1) is 22.3. The van der Waals surface area contributed by atoms with Crippen LogP contribution >= 0.6 is 0 Å². The fraction of sp³-hybridized carbons (Fsp3) is 0.350. The van der Waals surface area contributed by atoms with Gasteiger partial charge in [-0.15, -0.1) is 0 Å². The molecule has 5 rings (SSSR count). The van der Waals surface area contributed by atoms with Crippen LogP contribution in [0, 0.1) is 0 Å². The number of rotatable bonds is 5. The molecule has 1 N–H and O–H groups in total. The fourth-order valence-corrected chi connectivity index (χ4v) is 4.88. The highest BCUT2D eigenvalue weighted by atomic mass is 32.2. The summed E-state index contributed by atoms with van der Waals surface area (Å²) in [6.07, 6.45) is -1.40. The van der Waals surface area contributed by atoms with Crippen LogP contribution in [0.15, 0.2) is 23.5 Å². The summed E-state index contributed by atoms with van der Waals surface area (Å²) in [4.78, 5) is 24.1. The standard InChI is InChI=1S/C20H17F3N6O4S/c1-3-34(32,33)18-13(16-25-8-11(19(30)31)14(9-4-5-9)29(16)27-18)17-26-12-6-10(20(21,22)23)7-24-15(12)28(17)2/h6-9H,3-5H2,1-2H3,(H,30,31). The second-order valence-corrected chi connectivity index (χ2v) is 10.2. The molecule has 1 aliphatic rings. The summed E-state index contributed by atoms with van der Waals surface area (Å²) < 4.78 is 68.0. The third-order valence-corrected chi connectivity index (χ3v) is 7.41. The van der Waals surface area contributed by atoms with E-state index < -0.39 is 27.5 Å². The first-order valence-electron chi connectivity index (χ1n) is 10.2. The summed E-state index contributed by atoms with van der Waals surface area (Å²) in [5.41, 5.74) is -0.712. The average Bonchev–Trinajstić information content (AvgIpc) is 3.46. The molecule has 0 atom stereocenters. The van der Waals surface area contributed by atoms with Crippen LogP contribution in [0.5, 0.6) is 0 Å². The number of pyridine rings is 1. The number of halogens is 3. The molecule has 178 valence electrons. The zero-order chi connectivity index (χ0) is 24.6. The van der Waals surface area contributed by atoms with Crippen LogP contribution in [0.1, 0.15) is 47.3 Å². The highest BCUT2D eigenvalue weighted by molar-refractivity contribution is 7.91. The first-order valence-corrected chi connectivity index (χ1v) is 11.9. The molecule has 1 saturated carbocycles. The van der Waals surface area contributed by atoms with E-state index in [1.165, 1.54) is 23.1 Å². The highest BCUT2D eigenvalue weighted by Gasteiger charge is 2.36. The summed E-state index contributed by atoms with van der Waals surface area (Å²) in [6, 6.07) is 0.830. The van der Waals surface area contributed by atoms with Gasteiger partial charge >= 0.3 is 12.1 Å². The zero-order valence-electron chi connectivity index (χ0n) is 17.8. The lowest BCUT2D eigenvalue weighted by molar-refractivity contribution is -0.137. The lowest BCUT2D eigenvalue weighted by atomic mass is 10.1. The van der Waals surface area contributed by atoms with E-state index >= 15 is 0 Å². The number of carbonyl (C=O) groups is 1. The average molecular weight is 494 g/mol. The van der Waals surface area contributed by atoms with Gasteiger partial charge in [-0.1, -0.05) is 6.92 Å². The minimum Gasteiger partial charge on any atom is -0.478 e. The highest BCUT2D eigenvalue weighted by Crippen LogP contribution is 2.43.